The number of halogens is 1. The van der Waals surface area contributed by atoms with Crippen molar-refractivity contribution in [3.8, 4) is 11.6 Å². The lowest BCUT2D eigenvalue weighted by atomic mass is 10.2. The maximum absolute atomic E-state index is 12.9. The van der Waals surface area contributed by atoms with E-state index in [1.165, 1.54) is 6.20 Å². The third kappa shape index (κ3) is 2.91. The Balaban J connectivity index is 1.90. The van der Waals surface area contributed by atoms with Gasteiger partial charge in [0.1, 0.15) is 0 Å². The molecule has 0 aliphatic heterocycles. The van der Waals surface area contributed by atoms with E-state index in [2.05, 4.69) is 31.3 Å². The molecule has 128 valence electrons. The first kappa shape index (κ1) is 16.2. The van der Waals surface area contributed by atoms with Crippen molar-refractivity contribution in [1.29, 1.82) is 0 Å². The summed E-state index contributed by atoms with van der Waals surface area (Å²) in [7, 11) is 0. The quantitative estimate of drug-likeness (QED) is 0.559. The highest BCUT2D eigenvalue weighted by molar-refractivity contribution is 9.10. The number of fused-ring (bicyclic) bond motifs is 1. The van der Waals surface area contributed by atoms with Crippen molar-refractivity contribution in [2.45, 2.75) is 0 Å². The largest absolute Gasteiger partial charge is 0.446 e. The molecule has 7 nitrogen and oxygen atoms in total. The van der Waals surface area contributed by atoms with Gasteiger partial charge in [0.2, 0.25) is 0 Å². The van der Waals surface area contributed by atoms with Gasteiger partial charge in [-0.05, 0) is 52.3 Å². The van der Waals surface area contributed by atoms with Crippen molar-refractivity contribution in [1.82, 2.24) is 14.6 Å². The molecule has 0 fully saturated rings. The molecule has 3 aromatic heterocycles. The highest BCUT2D eigenvalue weighted by Crippen LogP contribution is 2.23. The van der Waals surface area contributed by atoms with Gasteiger partial charge in [0.15, 0.2) is 16.3 Å². The maximum Gasteiger partial charge on any atom is 0.280 e. The van der Waals surface area contributed by atoms with E-state index in [1.54, 1.807) is 54.7 Å². The van der Waals surface area contributed by atoms with E-state index >= 15 is 0 Å². The molecule has 1 N–H and O–H groups in total. The van der Waals surface area contributed by atoms with Gasteiger partial charge in [0.05, 0.1) is 16.5 Å². The molecule has 26 heavy (non-hydrogen) atoms. The van der Waals surface area contributed by atoms with Crippen LogP contribution in [-0.4, -0.2) is 20.6 Å². The Morgan fingerprint density at radius 2 is 1.96 bits per heavy atom. The Labute approximate surface area is 155 Å². The van der Waals surface area contributed by atoms with E-state index in [4.69, 9.17) is 4.42 Å². The van der Waals surface area contributed by atoms with Crippen LogP contribution in [-0.2, 0) is 0 Å². The Kier molecular flexibility index (Phi) is 4.10. The summed E-state index contributed by atoms with van der Waals surface area (Å²) in [6, 6.07) is 13.5. The SMILES string of the molecule is O=C(Nn1c(-c2ccc(Br)o2)nc2ccccc2c1=O)c1cccnc1. The lowest BCUT2D eigenvalue weighted by Gasteiger charge is -2.13. The van der Waals surface area contributed by atoms with Crippen LogP contribution >= 0.6 is 15.9 Å². The summed E-state index contributed by atoms with van der Waals surface area (Å²) in [5, 5.41) is 0.383. The monoisotopic (exact) mass is 410 g/mol. The molecule has 0 aliphatic carbocycles. The lowest BCUT2D eigenvalue weighted by Crippen LogP contribution is -2.35. The van der Waals surface area contributed by atoms with Crippen molar-refractivity contribution >= 4 is 32.7 Å². The van der Waals surface area contributed by atoms with Crippen LogP contribution in [0.3, 0.4) is 0 Å². The van der Waals surface area contributed by atoms with E-state index in [1.807, 2.05) is 0 Å². The van der Waals surface area contributed by atoms with Crippen molar-refractivity contribution < 1.29 is 9.21 Å². The highest BCUT2D eigenvalue weighted by Gasteiger charge is 2.18. The highest BCUT2D eigenvalue weighted by atomic mass is 79.9. The van der Waals surface area contributed by atoms with Gasteiger partial charge in [-0.25, -0.2) is 4.98 Å². The molecule has 1 amide bonds. The third-order valence-electron chi connectivity index (χ3n) is 3.71. The molecule has 0 aliphatic rings. The molecule has 0 saturated heterocycles. The van der Waals surface area contributed by atoms with Crippen LogP contribution in [0.1, 0.15) is 10.4 Å². The zero-order valence-electron chi connectivity index (χ0n) is 13.2. The first-order valence-corrected chi connectivity index (χ1v) is 8.41. The number of furan rings is 1. The van der Waals surface area contributed by atoms with Gasteiger partial charge in [-0.3, -0.25) is 20.0 Å². The standard InChI is InChI=1S/C18H11BrN4O3/c19-15-8-7-14(26-15)16-21-13-6-2-1-5-12(13)18(25)23(16)22-17(24)11-4-3-9-20-10-11/h1-10H,(H,22,24). The van der Waals surface area contributed by atoms with E-state index in [-0.39, 0.29) is 5.82 Å². The minimum atomic E-state index is -0.482. The summed E-state index contributed by atoms with van der Waals surface area (Å²) in [6.45, 7) is 0. The third-order valence-corrected chi connectivity index (χ3v) is 4.13. The Morgan fingerprint density at radius 1 is 1.12 bits per heavy atom. The van der Waals surface area contributed by atoms with Crippen LogP contribution < -0.4 is 11.0 Å². The average molecular weight is 411 g/mol. The van der Waals surface area contributed by atoms with Crippen molar-refractivity contribution in [3.05, 3.63) is 81.5 Å². The van der Waals surface area contributed by atoms with E-state index in [0.29, 0.717) is 26.9 Å². The summed E-state index contributed by atoms with van der Waals surface area (Å²) < 4.78 is 7.10. The average Bonchev–Trinajstić information content (AvgIpc) is 3.10. The molecule has 0 saturated carbocycles. The number of pyridine rings is 1. The van der Waals surface area contributed by atoms with Crippen LogP contribution in [0, 0.1) is 0 Å². The summed E-state index contributed by atoms with van der Waals surface area (Å²) in [5.74, 6) is 0.0482. The van der Waals surface area contributed by atoms with Gasteiger partial charge >= 0.3 is 0 Å². The first-order chi connectivity index (χ1) is 12.6. The second-order valence-electron chi connectivity index (χ2n) is 5.38. The number of nitrogens with zero attached hydrogens (tertiary/aromatic N) is 3. The summed E-state index contributed by atoms with van der Waals surface area (Å²) in [5.41, 5.74) is 3.00. The molecule has 0 unspecified atom stereocenters. The maximum atomic E-state index is 12.9. The number of carbonyl (C=O) groups is 1. The molecule has 0 bridgehead atoms. The Hall–Kier alpha value is -3.26. The second-order valence-corrected chi connectivity index (χ2v) is 6.16. The fourth-order valence-electron chi connectivity index (χ4n) is 2.50. The van der Waals surface area contributed by atoms with Crippen molar-refractivity contribution in [2.24, 2.45) is 0 Å². The zero-order chi connectivity index (χ0) is 18.1. The van der Waals surface area contributed by atoms with Gasteiger partial charge in [-0.15, -0.1) is 0 Å². The molecule has 0 spiro atoms. The minimum absolute atomic E-state index is 0.191. The molecular formula is C18H11BrN4O3. The van der Waals surface area contributed by atoms with Gasteiger partial charge in [-0.1, -0.05) is 12.1 Å². The topological polar surface area (TPSA) is 90.0 Å². The number of hydrogen-bond donors (Lipinski definition) is 1. The molecule has 0 atom stereocenters. The number of amides is 1. The number of hydrogen-bond acceptors (Lipinski definition) is 5. The minimum Gasteiger partial charge on any atom is -0.446 e. The van der Waals surface area contributed by atoms with Crippen LogP contribution in [0.4, 0.5) is 0 Å². The summed E-state index contributed by atoms with van der Waals surface area (Å²) in [6.07, 6.45) is 2.98. The van der Waals surface area contributed by atoms with Crippen LogP contribution in [0.5, 0.6) is 0 Å². The predicted molar refractivity (Wildman–Crippen MR) is 99.3 cm³/mol. The second kappa shape index (κ2) is 6.57. The van der Waals surface area contributed by atoms with Gasteiger partial charge in [0, 0.05) is 12.4 Å². The Bertz CT molecular complexity index is 1170. The molecule has 1 aromatic carbocycles. The summed E-state index contributed by atoms with van der Waals surface area (Å²) >= 11 is 3.23. The van der Waals surface area contributed by atoms with Gasteiger partial charge in [0.25, 0.3) is 11.5 Å². The smallest absolute Gasteiger partial charge is 0.280 e. The molecule has 8 heteroatoms. The fraction of sp³-hybridized carbons (Fsp3) is 0. The van der Waals surface area contributed by atoms with Gasteiger partial charge < -0.3 is 4.42 Å². The lowest BCUT2D eigenvalue weighted by molar-refractivity contribution is 0.101. The van der Waals surface area contributed by atoms with Crippen LogP contribution in [0.15, 0.2) is 74.8 Å². The predicted octanol–water partition coefficient (Wildman–Crippen LogP) is 3.20. The number of benzene rings is 1. The Morgan fingerprint density at radius 3 is 2.69 bits per heavy atom. The van der Waals surface area contributed by atoms with Crippen molar-refractivity contribution in [3.63, 3.8) is 0 Å². The first-order valence-electron chi connectivity index (χ1n) is 7.62. The zero-order valence-corrected chi connectivity index (χ0v) is 14.8. The van der Waals surface area contributed by atoms with Gasteiger partial charge in [-0.2, -0.15) is 4.68 Å². The molecule has 3 heterocycles. The summed E-state index contributed by atoms with van der Waals surface area (Å²) in [4.78, 5) is 33.8. The molecule has 4 aromatic rings. The molecule has 4 rings (SSSR count). The fourth-order valence-corrected chi connectivity index (χ4v) is 2.81. The molecule has 0 radical (unpaired) electrons. The van der Waals surface area contributed by atoms with E-state index < -0.39 is 11.5 Å². The van der Waals surface area contributed by atoms with Crippen LogP contribution in [0.25, 0.3) is 22.5 Å². The number of aromatic nitrogens is 3. The van der Waals surface area contributed by atoms with Crippen LogP contribution in [0.2, 0.25) is 0 Å². The van der Waals surface area contributed by atoms with E-state index in [0.717, 1.165) is 4.68 Å². The number of rotatable bonds is 3. The number of nitrogens with one attached hydrogen (secondary N) is 1. The van der Waals surface area contributed by atoms with E-state index in [9.17, 15) is 9.59 Å². The van der Waals surface area contributed by atoms with Crippen molar-refractivity contribution in [2.75, 3.05) is 5.43 Å². The molecular weight excluding hydrogens is 400 g/mol. The number of para-hydroxylation sites is 1. The number of carbonyl (C=O) groups excluding carboxylic acids is 1. The normalized spacial score (nSPS) is 10.8.